The van der Waals surface area contributed by atoms with Crippen molar-refractivity contribution in [2.75, 3.05) is 19.6 Å². The van der Waals surface area contributed by atoms with Crippen LogP contribution in [-0.2, 0) is 11.3 Å². The average molecular weight is 554 g/mol. The van der Waals surface area contributed by atoms with Crippen molar-refractivity contribution in [1.82, 2.24) is 10.2 Å². The minimum absolute atomic E-state index is 0.0962. The van der Waals surface area contributed by atoms with Gasteiger partial charge in [0, 0.05) is 47.7 Å². The fraction of sp³-hybridized carbons (Fsp3) is 0.367. The van der Waals surface area contributed by atoms with Gasteiger partial charge in [-0.05, 0) is 85.2 Å². The lowest BCUT2D eigenvalue weighted by atomic mass is 9.89. The van der Waals surface area contributed by atoms with Crippen molar-refractivity contribution >= 4 is 51.6 Å². The van der Waals surface area contributed by atoms with Gasteiger partial charge >= 0.3 is 0 Å². The van der Waals surface area contributed by atoms with Crippen molar-refractivity contribution in [3.63, 3.8) is 0 Å². The van der Waals surface area contributed by atoms with E-state index in [1.165, 1.54) is 0 Å². The summed E-state index contributed by atoms with van der Waals surface area (Å²) in [6.45, 7) is 3.94. The van der Waals surface area contributed by atoms with Gasteiger partial charge in [0.15, 0.2) is 0 Å². The van der Waals surface area contributed by atoms with E-state index in [1.807, 2.05) is 59.5 Å². The molecule has 3 aromatic rings. The maximum atomic E-state index is 13.6. The summed E-state index contributed by atoms with van der Waals surface area (Å²) in [6, 6.07) is 19.1. The van der Waals surface area contributed by atoms with Crippen molar-refractivity contribution < 1.29 is 9.59 Å². The molecule has 1 fully saturated rings. The van der Waals surface area contributed by atoms with Gasteiger partial charge in [-0.1, -0.05) is 53.5 Å². The Hall–Kier alpha value is -3.09. The van der Waals surface area contributed by atoms with Gasteiger partial charge in [0.1, 0.15) is 0 Å². The number of nitrogens with zero attached hydrogens (tertiary/aromatic N) is 2. The number of rotatable bonds is 9. The first kappa shape index (κ1) is 27.9. The van der Waals surface area contributed by atoms with Crippen LogP contribution < -0.4 is 11.1 Å². The van der Waals surface area contributed by atoms with E-state index in [4.69, 9.17) is 28.9 Å². The Bertz CT molecular complexity index is 1300. The van der Waals surface area contributed by atoms with Gasteiger partial charge in [-0.2, -0.15) is 0 Å². The first-order chi connectivity index (χ1) is 18.3. The van der Waals surface area contributed by atoms with Crippen LogP contribution in [0.2, 0.25) is 10.0 Å². The topological polar surface area (TPSA) is 87.8 Å². The second kappa shape index (κ2) is 13.1. The minimum Gasteiger partial charge on any atom is -0.388 e. The van der Waals surface area contributed by atoms with Crippen molar-refractivity contribution in [3.05, 3.63) is 81.8 Å². The Labute approximate surface area is 234 Å². The number of hydrogen-bond acceptors (Lipinski definition) is 3. The highest BCUT2D eigenvalue weighted by atomic mass is 35.5. The molecule has 200 valence electrons. The maximum Gasteiger partial charge on any atom is 0.251 e. The molecule has 0 aliphatic carbocycles. The summed E-state index contributed by atoms with van der Waals surface area (Å²) in [5.74, 6) is 0.606. The smallest absolute Gasteiger partial charge is 0.251 e. The van der Waals surface area contributed by atoms with Crippen LogP contribution in [0.4, 0.5) is 0 Å². The summed E-state index contributed by atoms with van der Waals surface area (Å²) < 4.78 is 0. The molecule has 3 N–H and O–H groups in total. The second-order valence-electron chi connectivity index (χ2n) is 10.1. The van der Waals surface area contributed by atoms with E-state index in [1.54, 1.807) is 13.0 Å². The van der Waals surface area contributed by atoms with Crippen LogP contribution in [0.5, 0.6) is 0 Å². The highest BCUT2D eigenvalue weighted by Gasteiger charge is 2.31. The Kier molecular flexibility index (Phi) is 9.64. The van der Waals surface area contributed by atoms with Crippen LogP contribution in [-0.4, -0.2) is 42.2 Å². The Morgan fingerprint density at radius 3 is 2.55 bits per heavy atom. The molecule has 0 spiro atoms. The average Bonchev–Trinajstić information content (AvgIpc) is 3.03. The summed E-state index contributed by atoms with van der Waals surface area (Å²) in [5.41, 5.74) is 7.22. The zero-order chi connectivity index (χ0) is 27.1. The van der Waals surface area contributed by atoms with Gasteiger partial charge in [-0.3, -0.25) is 14.6 Å². The molecule has 0 unspecified atom stereocenters. The summed E-state index contributed by atoms with van der Waals surface area (Å²) in [4.78, 5) is 32.7. The van der Waals surface area contributed by atoms with Crippen LogP contribution in [0, 0.1) is 11.8 Å². The van der Waals surface area contributed by atoms with Crippen molar-refractivity contribution in [2.24, 2.45) is 22.6 Å². The molecule has 8 heteroatoms. The van der Waals surface area contributed by atoms with E-state index in [9.17, 15) is 9.59 Å². The van der Waals surface area contributed by atoms with Crippen molar-refractivity contribution in [3.8, 4) is 0 Å². The zero-order valence-electron chi connectivity index (χ0n) is 21.6. The first-order valence-corrected chi connectivity index (χ1v) is 13.8. The molecule has 6 nitrogen and oxygen atoms in total. The van der Waals surface area contributed by atoms with Gasteiger partial charge in [0.2, 0.25) is 5.91 Å². The molecule has 1 heterocycles. The van der Waals surface area contributed by atoms with Crippen LogP contribution in [0.1, 0.15) is 48.5 Å². The number of fused-ring (bicyclic) bond motifs is 1. The maximum absolute atomic E-state index is 13.6. The molecule has 38 heavy (non-hydrogen) atoms. The number of amides is 2. The molecule has 2 amide bonds. The van der Waals surface area contributed by atoms with Gasteiger partial charge in [0.05, 0.1) is 5.84 Å². The van der Waals surface area contributed by atoms with Gasteiger partial charge in [-0.15, -0.1) is 0 Å². The molecule has 0 radical (unpaired) electrons. The normalized spacial score (nSPS) is 18.4. The van der Waals surface area contributed by atoms with E-state index >= 15 is 0 Å². The third-order valence-corrected chi connectivity index (χ3v) is 7.45. The Morgan fingerprint density at radius 2 is 1.82 bits per heavy atom. The first-order valence-electron chi connectivity index (χ1n) is 13.1. The number of hydrogen-bond donors (Lipinski definition) is 2. The lowest BCUT2D eigenvalue weighted by molar-refractivity contribution is -0.135. The Balaban J connectivity index is 1.44. The summed E-state index contributed by atoms with van der Waals surface area (Å²) in [6.07, 6.45) is 3.01. The molecule has 0 bridgehead atoms. The molecule has 4 rings (SSSR count). The number of benzene rings is 3. The highest BCUT2D eigenvalue weighted by molar-refractivity contribution is 6.34. The van der Waals surface area contributed by atoms with Gasteiger partial charge in [0.25, 0.3) is 5.91 Å². The molecule has 1 saturated heterocycles. The molecule has 0 aromatic heterocycles. The number of halogens is 2. The van der Waals surface area contributed by atoms with E-state index in [0.717, 1.165) is 42.0 Å². The van der Waals surface area contributed by atoms with Gasteiger partial charge < -0.3 is 16.0 Å². The lowest BCUT2D eigenvalue weighted by Gasteiger charge is -2.24. The summed E-state index contributed by atoms with van der Waals surface area (Å²) in [5, 5.41) is 6.36. The summed E-state index contributed by atoms with van der Waals surface area (Å²) >= 11 is 12.4. The van der Waals surface area contributed by atoms with Crippen LogP contribution in [0.15, 0.2) is 65.7 Å². The van der Waals surface area contributed by atoms with Crippen LogP contribution in [0.3, 0.4) is 0 Å². The minimum atomic E-state index is -0.150. The third-order valence-electron chi connectivity index (χ3n) is 7.02. The molecule has 3 aromatic carbocycles. The van der Waals surface area contributed by atoms with E-state index in [2.05, 4.69) is 10.3 Å². The predicted molar refractivity (Wildman–Crippen MR) is 156 cm³/mol. The third kappa shape index (κ3) is 7.71. The Morgan fingerprint density at radius 1 is 1.08 bits per heavy atom. The monoisotopic (exact) mass is 552 g/mol. The van der Waals surface area contributed by atoms with Crippen molar-refractivity contribution in [1.29, 1.82) is 0 Å². The van der Waals surface area contributed by atoms with E-state index in [0.29, 0.717) is 47.6 Å². The molecule has 1 aliphatic rings. The number of nitrogens with two attached hydrogens (primary N) is 1. The molecular weight excluding hydrogens is 519 g/mol. The standard InChI is InChI=1S/C30H34Cl2N4O2/c1-20(33)34-11-4-7-26-13-21(10-12-36(30(26)38)19-22-14-27(31)17-28(32)15-22)18-35-29(37)25-9-8-23-5-2-3-6-24(23)16-25/h2-3,5-6,8-9,14-17,21,26H,4,7,10-13,18-19H2,1H3,(H2,33,34)(H,35,37)/t21-,26-/m1/s1. The number of likely N-dealkylation sites (tertiary alicyclic amines) is 1. The quantitative estimate of drug-likeness (QED) is 0.191. The molecule has 1 aliphatic heterocycles. The second-order valence-corrected chi connectivity index (χ2v) is 10.9. The predicted octanol–water partition coefficient (Wildman–Crippen LogP) is 6.09. The summed E-state index contributed by atoms with van der Waals surface area (Å²) in [7, 11) is 0. The molecule has 0 saturated carbocycles. The van der Waals surface area contributed by atoms with Gasteiger partial charge in [-0.25, -0.2) is 0 Å². The molecular formula is C30H34Cl2N4O2. The van der Waals surface area contributed by atoms with Crippen molar-refractivity contribution in [2.45, 2.75) is 39.2 Å². The van der Waals surface area contributed by atoms with Crippen LogP contribution in [0.25, 0.3) is 10.8 Å². The number of carbonyl (C=O) groups is 2. The van der Waals surface area contributed by atoms with E-state index < -0.39 is 0 Å². The number of aliphatic imine (C=N–C) groups is 1. The largest absolute Gasteiger partial charge is 0.388 e. The number of amidine groups is 1. The fourth-order valence-electron chi connectivity index (χ4n) is 5.10. The number of carbonyl (C=O) groups excluding carboxylic acids is 2. The lowest BCUT2D eigenvalue weighted by Crippen LogP contribution is -2.34. The zero-order valence-corrected chi connectivity index (χ0v) is 23.1. The SMILES string of the molecule is CC(N)=NCCC[C@@H]1C[C@H](CNC(=O)c2ccc3ccccc3c2)CCN(Cc2cc(Cl)cc(Cl)c2)C1=O. The fourth-order valence-corrected chi connectivity index (χ4v) is 5.67. The van der Waals surface area contributed by atoms with E-state index in [-0.39, 0.29) is 23.7 Å². The number of nitrogens with one attached hydrogen (secondary N) is 1. The highest BCUT2D eigenvalue weighted by Crippen LogP contribution is 2.29. The molecule has 2 atom stereocenters. The van der Waals surface area contributed by atoms with Crippen LogP contribution >= 0.6 is 23.2 Å².